The first-order valence-corrected chi connectivity index (χ1v) is 10.6. The Morgan fingerprint density at radius 1 is 1.03 bits per heavy atom. The van der Waals surface area contributed by atoms with Gasteiger partial charge in [-0.1, -0.05) is 0 Å². The second-order valence-electron chi connectivity index (χ2n) is 7.92. The van der Waals surface area contributed by atoms with Crippen molar-refractivity contribution in [3.63, 3.8) is 0 Å². The molecule has 0 spiro atoms. The first-order chi connectivity index (χ1) is 13.9. The molecular weight excluding hydrogens is 368 g/mol. The van der Waals surface area contributed by atoms with Gasteiger partial charge in [-0.15, -0.1) is 0 Å². The number of nitrogens with two attached hydrogens (primary N) is 2. The molecule has 1 saturated carbocycles. The normalized spacial score (nSPS) is 20.0. The lowest BCUT2D eigenvalue weighted by molar-refractivity contribution is -0.130. The summed E-state index contributed by atoms with van der Waals surface area (Å²) in [5, 5.41) is 5.80. The van der Waals surface area contributed by atoms with E-state index in [9.17, 15) is 14.4 Å². The van der Waals surface area contributed by atoms with Gasteiger partial charge in [-0.05, 0) is 95.1 Å². The van der Waals surface area contributed by atoms with Crippen LogP contribution in [0.2, 0.25) is 0 Å². The standard InChI is InChI=1S/C22H34N4O3/c1-15(27)17-9-11-19(12-10-17)25-22(29)20(4-2-3-13-23)26-21(28)18-7-5-16(14-24)6-8-18/h9-12,16,18,20H,2-8,13-14,23-24H2,1H3,(H,25,29)(H,26,28)/t16?,18?,20-/m0/s1. The fourth-order valence-electron chi connectivity index (χ4n) is 3.73. The van der Waals surface area contributed by atoms with Gasteiger partial charge in [0.25, 0.3) is 0 Å². The molecule has 1 aromatic carbocycles. The third-order valence-corrected chi connectivity index (χ3v) is 5.69. The van der Waals surface area contributed by atoms with E-state index in [0.717, 1.165) is 38.5 Å². The minimum absolute atomic E-state index is 0.0286. The summed E-state index contributed by atoms with van der Waals surface area (Å²) >= 11 is 0. The van der Waals surface area contributed by atoms with Crippen LogP contribution in [0.1, 0.15) is 62.2 Å². The van der Waals surface area contributed by atoms with Gasteiger partial charge in [0.15, 0.2) is 5.78 Å². The molecule has 1 fully saturated rings. The SMILES string of the molecule is CC(=O)c1ccc(NC(=O)[C@H](CCCCN)NC(=O)C2CCC(CN)CC2)cc1. The van der Waals surface area contributed by atoms with E-state index >= 15 is 0 Å². The van der Waals surface area contributed by atoms with E-state index in [1.165, 1.54) is 6.92 Å². The summed E-state index contributed by atoms with van der Waals surface area (Å²) in [6.07, 6.45) is 5.65. The zero-order chi connectivity index (χ0) is 21.2. The van der Waals surface area contributed by atoms with Crippen LogP contribution in [0, 0.1) is 11.8 Å². The highest BCUT2D eigenvalue weighted by atomic mass is 16.2. The lowest BCUT2D eigenvalue weighted by atomic mass is 9.81. The first-order valence-electron chi connectivity index (χ1n) is 10.6. The number of carbonyl (C=O) groups excluding carboxylic acids is 3. The summed E-state index contributed by atoms with van der Waals surface area (Å²) in [6.45, 7) is 2.72. The summed E-state index contributed by atoms with van der Waals surface area (Å²) in [5.41, 5.74) is 12.5. The van der Waals surface area contributed by atoms with Gasteiger partial charge in [0.2, 0.25) is 11.8 Å². The van der Waals surface area contributed by atoms with Crippen LogP contribution in [-0.2, 0) is 9.59 Å². The zero-order valence-corrected chi connectivity index (χ0v) is 17.3. The summed E-state index contributed by atoms with van der Waals surface area (Å²) in [4.78, 5) is 36.9. The van der Waals surface area contributed by atoms with Crippen LogP contribution in [0.5, 0.6) is 0 Å². The van der Waals surface area contributed by atoms with Crippen LogP contribution in [0.25, 0.3) is 0 Å². The van der Waals surface area contributed by atoms with Crippen LogP contribution < -0.4 is 22.1 Å². The van der Waals surface area contributed by atoms with E-state index in [-0.39, 0.29) is 23.5 Å². The fraction of sp³-hybridized carbons (Fsp3) is 0.591. The van der Waals surface area contributed by atoms with Gasteiger partial charge in [-0.2, -0.15) is 0 Å². The van der Waals surface area contributed by atoms with E-state index in [2.05, 4.69) is 10.6 Å². The van der Waals surface area contributed by atoms with E-state index in [1.54, 1.807) is 24.3 Å². The van der Waals surface area contributed by atoms with Gasteiger partial charge in [0.1, 0.15) is 6.04 Å². The van der Waals surface area contributed by atoms with Crippen molar-refractivity contribution >= 4 is 23.3 Å². The number of unbranched alkanes of at least 4 members (excludes halogenated alkanes) is 1. The fourth-order valence-corrected chi connectivity index (χ4v) is 3.73. The highest BCUT2D eigenvalue weighted by Crippen LogP contribution is 2.28. The van der Waals surface area contributed by atoms with E-state index in [4.69, 9.17) is 11.5 Å². The van der Waals surface area contributed by atoms with E-state index < -0.39 is 6.04 Å². The number of Topliss-reactive ketones (excluding diaryl/α,β-unsaturated/α-hetero) is 1. The van der Waals surface area contributed by atoms with Crippen molar-refractivity contribution in [3.05, 3.63) is 29.8 Å². The number of ketones is 1. The highest BCUT2D eigenvalue weighted by molar-refractivity contribution is 5.98. The van der Waals surface area contributed by atoms with Gasteiger partial charge in [0, 0.05) is 17.2 Å². The molecule has 160 valence electrons. The van der Waals surface area contributed by atoms with Crippen molar-refractivity contribution in [1.29, 1.82) is 0 Å². The molecule has 0 aromatic heterocycles. The van der Waals surface area contributed by atoms with Crippen LogP contribution in [0.4, 0.5) is 5.69 Å². The Morgan fingerprint density at radius 3 is 2.24 bits per heavy atom. The van der Waals surface area contributed by atoms with E-state index in [0.29, 0.717) is 36.7 Å². The van der Waals surface area contributed by atoms with Crippen molar-refractivity contribution < 1.29 is 14.4 Å². The summed E-state index contributed by atoms with van der Waals surface area (Å²) in [7, 11) is 0. The molecule has 0 bridgehead atoms. The molecular formula is C22H34N4O3. The molecule has 0 heterocycles. The number of carbonyl (C=O) groups is 3. The maximum Gasteiger partial charge on any atom is 0.246 e. The maximum absolute atomic E-state index is 12.8. The molecule has 2 rings (SSSR count). The Balaban J connectivity index is 1.97. The Labute approximate surface area is 173 Å². The van der Waals surface area contributed by atoms with Gasteiger partial charge in [0.05, 0.1) is 0 Å². The topological polar surface area (TPSA) is 127 Å². The Hall–Kier alpha value is -2.25. The predicted molar refractivity (Wildman–Crippen MR) is 114 cm³/mol. The monoisotopic (exact) mass is 402 g/mol. The third kappa shape index (κ3) is 7.25. The number of nitrogens with one attached hydrogen (secondary N) is 2. The number of benzene rings is 1. The van der Waals surface area contributed by atoms with Gasteiger partial charge < -0.3 is 22.1 Å². The Kier molecular flexibility index (Phi) is 9.28. The molecule has 0 aliphatic heterocycles. The average molecular weight is 403 g/mol. The third-order valence-electron chi connectivity index (χ3n) is 5.69. The first kappa shape index (κ1) is 23.0. The Morgan fingerprint density at radius 2 is 1.69 bits per heavy atom. The smallest absolute Gasteiger partial charge is 0.246 e. The molecule has 1 aliphatic rings. The molecule has 29 heavy (non-hydrogen) atoms. The Bertz CT molecular complexity index is 682. The molecule has 7 nitrogen and oxygen atoms in total. The van der Waals surface area contributed by atoms with Crippen molar-refractivity contribution in [2.24, 2.45) is 23.3 Å². The van der Waals surface area contributed by atoms with Crippen LogP contribution in [0.3, 0.4) is 0 Å². The van der Waals surface area contributed by atoms with Crippen LogP contribution in [-0.4, -0.2) is 36.7 Å². The van der Waals surface area contributed by atoms with Gasteiger partial charge >= 0.3 is 0 Å². The molecule has 1 aromatic rings. The van der Waals surface area contributed by atoms with Crippen molar-refractivity contribution in [3.8, 4) is 0 Å². The number of hydrogen-bond donors (Lipinski definition) is 4. The maximum atomic E-state index is 12.8. The van der Waals surface area contributed by atoms with Gasteiger partial charge in [-0.25, -0.2) is 0 Å². The van der Waals surface area contributed by atoms with Crippen LogP contribution >= 0.6 is 0 Å². The molecule has 7 heteroatoms. The minimum atomic E-state index is -0.603. The van der Waals surface area contributed by atoms with Crippen LogP contribution in [0.15, 0.2) is 24.3 Å². The molecule has 6 N–H and O–H groups in total. The molecule has 0 radical (unpaired) electrons. The van der Waals surface area contributed by atoms with Crippen molar-refractivity contribution in [1.82, 2.24) is 5.32 Å². The summed E-state index contributed by atoms with van der Waals surface area (Å²) in [6, 6.07) is 6.14. The summed E-state index contributed by atoms with van der Waals surface area (Å²) in [5.74, 6) is 0.110. The zero-order valence-electron chi connectivity index (χ0n) is 17.3. The van der Waals surface area contributed by atoms with Crippen molar-refractivity contribution in [2.75, 3.05) is 18.4 Å². The highest BCUT2D eigenvalue weighted by Gasteiger charge is 2.29. The minimum Gasteiger partial charge on any atom is -0.344 e. The number of anilines is 1. The molecule has 2 amide bonds. The molecule has 0 unspecified atom stereocenters. The van der Waals surface area contributed by atoms with Crippen molar-refractivity contribution in [2.45, 2.75) is 57.9 Å². The largest absolute Gasteiger partial charge is 0.344 e. The van der Waals surface area contributed by atoms with E-state index in [1.807, 2.05) is 0 Å². The number of rotatable bonds is 10. The lowest BCUT2D eigenvalue weighted by Crippen LogP contribution is -2.46. The molecule has 1 aliphatic carbocycles. The molecule has 0 saturated heterocycles. The predicted octanol–water partition coefficient (Wildman–Crippen LogP) is 2.21. The summed E-state index contributed by atoms with van der Waals surface area (Å²) < 4.78 is 0. The number of amides is 2. The molecule has 1 atom stereocenters. The average Bonchev–Trinajstić information content (AvgIpc) is 2.73. The van der Waals surface area contributed by atoms with Gasteiger partial charge in [-0.3, -0.25) is 14.4 Å². The lowest BCUT2D eigenvalue weighted by Gasteiger charge is -2.28. The second-order valence-corrected chi connectivity index (χ2v) is 7.92. The quantitative estimate of drug-likeness (QED) is 0.352. The second kappa shape index (κ2) is 11.7. The number of hydrogen-bond acceptors (Lipinski definition) is 5.